The Labute approximate surface area is 317 Å². The van der Waals surface area contributed by atoms with Gasteiger partial charge in [0.15, 0.2) is 0 Å². The minimum absolute atomic E-state index is 0.0672. The quantitative estimate of drug-likeness (QED) is 0.0778. The second-order valence-electron chi connectivity index (χ2n) is 13.7. The molecule has 13 heteroatoms. The Morgan fingerprint density at radius 1 is 0.909 bits per heavy atom. The van der Waals surface area contributed by atoms with Crippen molar-refractivity contribution in [1.29, 1.82) is 0 Å². The summed E-state index contributed by atoms with van der Waals surface area (Å²) in [5.74, 6) is -1.37. The Hall–Kier alpha value is -6.02. The Kier molecular flexibility index (Phi) is 12.3. The number of aliphatic hydroxyl groups is 2. The van der Waals surface area contributed by atoms with Gasteiger partial charge in [-0.05, 0) is 84.8 Å². The molecule has 1 aliphatic rings. The second kappa shape index (κ2) is 17.4. The second-order valence-corrected chi connectivity index (χ2v) is 13.7. The van der Waals surface area contributed by atoms with Crippen molar-refractivity contribution >= 4 is 28.7 Å². The van der Waals surface area contributed by atoms with Crippen LogP contribution in [-0.4, -0.2) is 87.4 Å². The molecule has 6 rings (SSSR count). The molecule has 0 bridgehead atoms. The molecule has 4 aromatic carbocycles. The van der Waals surface area contributed by atoms with E-state index < -0.39 is 17.7 Å². The van der Waals surface area contributed by atoms with Crippen molar-refractivity contribution in [2.45, 2.75) is 31.0 Å². The Bertz CT molecular complexity index is 2180. The van der Waals surface area contributed by atoms with Crippen molar-refractivity contribution in [3.63, 3.8) is 0 Å². The zero-order chi connectivity index (χ0) is 39.0. The van der Waals surface area contributed by atoms with Gasteiger partial charge in [-0.2, -0.15) is 0 Å². The third kappa shape index (κ3) is 9.20. The molecular formula is C42H44N4O9. The number of aliphatic carboxylic acids is 1. The number of carboxylic acids is 1. The average Bonchev–Trinajstić information content (AvgIpc) is 3.21. The lowest BCUT2D eigenvalue weighted by Gasteiger charge is -2.32. The van der Waals surface area contributed by atoms with Gasteiger partial charge in [-0.25, -0.2) is 4.79 Å². The SMILES string of the molecule is O=C(NCC(=O)N1CCC(COc2cccc(C(O)(C(=O)O)c3ccccc3)c2)CC1)c1ccc(CCNCC(O)c2ccc(O)c3[nH]c(=O)ccc23)cc1. The Morgan fingerprint density at radius 3 is 2.36 bits per heavy atom. The number of nitrogens with one attached hydrogen (secondary N) is 3. The highest BCUT2D eigenvalue weighted by atomic mass is 16.5. The molecule has 1 saturated heterocycles. The number of aromatic nitrogens is 1. The van der Waals surface area contributed by atoms with Gasteiger partial charge in [0.1, 0.15) is 11.5 Å². The summed E-state index contributed by atoms with van der Waals surface area (Å²) >= 11 is 0. The molecule has 5 aromatic rings. The summed E-state index contributed by atoms with van der Waals surface area (Å²) in [7, 11) is 0. The number of benzene rings is 4. The summed E-state index contributed by atoms with van der Waals surface area (Å²) in [5, 5.41) is 48.4. The number of nitrogens with zero attached hydrogens (tertiary/aromatic N) is 1. The lowest BCUT2D eigenvalue weighted by Crippen LogP contribution is -2.44. The minimum Gasteiger partial charge on any atom is -0.506 e. The number of amides is 2. The molecule has 2 heterocycles. The van der Waals surface area contributed by atoms with Crippen molar-refractivity contribution < 1.29 is 39.5 Å². The number of phenols is 1. The number of piperidine rings is 1. The smallest absolute Gasteiger partial charge is 0.345 e. The molecule has 13 nitrogen and oxygen atoms in total. The number of aromatic amines is 1. The predicted molar refractivity (Wildman–Crippen MR) is 205 cm³/mol. The highest BCUT2D eigenvalue weighted by molar-refractivity contribution is 5.96. The van der Waals surface area contributed by atoms with Crippen LogP contribution < -0.4 is 20.9 Å². The number of aromatic hydroxyl groups is 1. The first-order chi connectivity index (χ1) is 26.5. The molecule has 7 N–H and O–H groups in total. The number of H-pyrrole nitrogens is 1. The van der Waals surface area contributed by atoms with Gasteiger partial charge in [0.25, 0.3) is 5.91 Å². The first kappa shape index (κ1) is 38.7. The van der Waals surface area contributed by atoms with Crippen LogP contribution in [0, 0.1) is 5.92 Å². The summed E-state index contributed by atoms with van der Waals surface area (Å²) in [6.07, 6.45) is 1.18. The van der Waals surface area contributed by atoms with Crippen LogP contribution in [0.25, 0.3) is 10.9 Å². The van der Waals surface area contributed by atoms with Gasteiger partial charge >= 0.3 is 5.97 Å². The first-order valence-corrected chi connectivity index (χ1v) is 18.2. The van der Waals surface area contributed by atoms with E-state index in [2.05, 4.69) is 15.6 Å². The van der Waals surface area contributed by atoms with Gasteiger partial charge in [0.2, 0.25) is 17.1 Å². The standard InChI is InChI=1S/C42H44N4O9/c47-35-15-13-33(34-14-16-37(49)45-39(34)35)36(48)24-43-20-17-27-9-11-29(12-10-27)40(51)44-25-38(50)46-21-18-28(19-22-46)26-55-32-8-4-7-31(23-32)42(54,41(52)53)30-5-2-1-3-6-30/h1-16,23,28,36,43,47-48,54H,17-22,24-26H2,(H,44,51)(H,45,49)(H,52,53). The average molecular weight is 749 g/mol. The number of phenolic OH excluding ortho intramolecular Hbond substituents is 1. The minimum atomic E-state index is -2.23. The number of ether oxygens (including phenoxy) is 1. The molecule has 1 aromatic heterocycles. The van der Waals surface area contributed by atoms with Crippen LogP contribution in [0.2, 0.25) is 0 Å². The van der Waals surface area contributed by atoms with Crippen molar-refractivity contribution in [2.24, 2.45) is 5.92 Å². The zero-order valence-corrected chi connectivity index (χ0v) is 30.1. The molecule has 0 radical (unpaired) electrons. The van der Waals surface area contributed by atoms with E-state index in [9.17, 15) is 39.6 Å². The van der Waals surface area contributed by atoms with Gasteiger partial charge in [0, 0.05) is 42.2 Å². The zero-order valence-electron chi connectivity index (χ0n) is 30.1. The lowest BCUT2D eigenvalue weighted by molar-refractivity contribution is -0.155. The van der Waals surface area contributed by atoms with E-state index in [1.54, 1.807) is 77.7 Å². The summed E-state index contributed by atoms with van der Waals surface area (Å²) in [4.78, 5) is 53.9. The highest BCUT2D eigenvalue weighted by Gasteiger charge is 2.40. The van der Waals surface area contributed by atoms with Gasteiger partial charge in [-0.1, -0.05) is 60.7 Å². The van der Waals surface area contributed by atoms with E-state index in [0.717, 1.165) is 5.56 Å². The van der Waals surface area contributed by atoms with Gasteiger partial charge in [-0.15, -0.1) is 0 Å². The van der Waals surface area contributed by atoms with Crippen LogP contribution in [0.4, 0.5) is 0 Å². The molecule has 0 aliphatic carbocycles. The van der Waals surface area contributed by atoms with E-state index in [1.807, 2.05) is 12.1 Å². The molecule has 286 valence electrons. The molecule has 1 fully saturated rings. The third-order valence-electron chi connectivity index (χ3n) is 10.0. The number of fused-ring (bicyclic) bond motifs is 1. The maximum atomic E-state index is 12.9. The molecule has 1 aliphatic heterocycles. The van der Waals surface area contributed by atoms with Gasteiger partial charge in [0.05, 0.1) is 24.8 Å². The fourth-order valence-electron chi connectivity index (χ4n) is 6.79. The van der Waals surface area contributed by atoms with E-state index in [0.29, 0.717) is 67.8 Å². The Balaban J connectivity index is 0.900. The molecule has 2 amide bonds. The van der Waals surface area contributed by atoms with Crippen LogP contribution >= 0.6 is 0 Å². The van der Waals surface area contributed by atoms with Crippen LogP contribution in [-0.2, 0) is 21.6 Å². The van der Waals surface area contributed by atoms with E-state index in [4.69, 9.17) is 4.74 Å². The lowest BCUT2D eigenvalue weighted by atomic mass is 9.86. The number of aliphatic hydroxyl groups excluding tert-OH is 1. The number of hydrogen-bond acceptors (Lipinski definition) is 9. The van der Waals surface area contributed by atoms with Crippen LogP contribution in [0.5, 0.6) is 11.5 Å². The van der Waals surface area contributed by atoms with E-state index >= 15 is 0 Å². The van der Waals surface area contributed by atoms with Crippen molar-refractivity contribution in [1.82, 2.24) is 20.5 Å². The van der Waals surface area contributed by atoms with Gasteiger partial charge in [-0.3, -0.25) is 14.4 Å². The molecule has 0 saturated carbocycles. The summed E-state index contributed by atoms with van der Waals surface area (Å²) in [6, 6.07) is 27.8. The Morgan fingerprint density at radius 2 is 1.64 bits per heavy atom. The predicted octanol–water partition coefficient (Wildman–Crippen LogP) is 3.47. The number of carboxylic acid groups (broad SMARTS) is 1. The highest BCUT2D eigenvalue weighted by Crippen LogP contribution is 2.33. The summed E-state index contributed by atoms with van der Waals surface area (Å²) in [6.45, 7) is 2.09. The monoisotopic (exact) mass is 748 g/mol. The van der Waals surface area contributed by atoms with Crippen molar-refractivity contribution in [3.05, 3.63) is 141 Å². The van der Waals surface area contributed by atoms with Crippen LogP contribution in [0.3, 0.4) is 0 Å². The van der Waals surface area contributed by atoms with E-state index in [-0.39, 0.29) is 58.8 Å². The molecule has 0 spiro atoms. The number of carbonyl (C=O) groups is 3. The van der Waals surface area contributed by atoms with Gasteiger partial charge < -0.3 is 45.7 Å². The summed E-state index contributed by atoms with van der Waals surface area (Å²) < 4.78 is 6.01. The summed E-state index contributed by atoms with van der Waals surface area (Å²) in [5.41, 5.74) is 0.135. The van der Waals surface area contributed by atoms with Crippen molar-refractivity contribution in [2.75, 3.05) is 39.3 Å². The topological polar surface area (TPSA) is 202 Å². The fraction of sp³-hybridized carbons (Fsp3) is 0.286. The molecular weight excluding hydrogens is 704 g/mol. The molecule has 2 atom stereocenters. The number of pyridine rings is 1. The third-order valence-corrected chi connectivity index (χ3v) is 10.0. The normalized spacial score (nSPS) is 14.9. The fourth-order valence-corrected chi connectivity index (χ4v) is 6.79. The molecule has 2 unspecified atom stereocenters. The largest absolute Gasteiger partial charge is 0.506 e. The molecule has 55 heavy (non-hydrogen) atoms. The first-order valence-electron chi connectivity index (χ1n) is 18.2. The maximum Gasteiger partial charge on any atom is 0.345 e. The number of carbonyl (C=O) groups excluding carboxylic acids is 2. The van der Waals surface area contributed by atoms with Crippen LogP contribution in [0.1, 0.15) is 51.6 Å². The number of rotatable bonds is 15. The number of hydrogen-bond donors (Lipinski definition) is 7. The van der Waals surface area contributed by atoms with E-state index in [1.165, 1.54) is 18.2 Å². The number of likely N-dealkylation sites (tertiary alicyclic amines) is 1. The van der Waals surface area contributed by atoms with Crippen molar-refractivity contribution in [3.8, 4) is 11.5 Å². The maximum absolute atomic E-state index is 12.9. The van der Waals surface area contributed by atoms with Crippen LogP contribution in [0.15, 0.2) is 108 Å².